The summed E-state index contributed by atoms with van der Waals surface area (Å²) in [5.74, 6) is 0.720. The van der Waals surface area contributed by atoms with Crippen LogP contribution in [0.4, 0.5) is 5.69 Å². The number of aromatic nitrogens is 1. The molecule has 0 radical (unpaired) electrons. The standard InChI is InChI=1S/C19H19ClN2O/c1-19(2)12-9-16(23-3)13(20)8-10(12)7-11-17-14(21)5-4-6-15(17)22-18(11)19/h4-6,8-9,22H,7,21H2,1-3H3. The highest BCUT2D eigenvalue weighted by Crippen LogP contribution is 2.46. The maximum Gasteiger partial charge on any atom is 0.137 e. The molecule has 0 aliphatic heterocycles. The lowest BCUT2D eigenvalue weighted by Gasteiger charge is -2.33. The molecule has 2 aromatic carbocycles. The topological polar surface area (TPSA) is 51.0 Å². The molecule has 3 nitrogen and oxygen atoms in total. The van der Waals surface area contributed by atoms with Crippen LogP contribution in [0.3, 0.4) is 0 Å². The Balaban J connectivity index is 2.04. The molecule has 3 aromatic rings. The van der Waals surface area contributed by atoms with E-state index < -0.39 is 0 Å². The molecule has 0 amide bonds. The number of anilines is 1. The Morgan fingerprint density at radius 2 is 2.04 bits per heavy atom. The van der Waals surface area contributed by atoms with Crippen molar-refractivity contribution in [3.05, 3.63) is 57.7 Å². The van der Waals surface area contributed by atoms with Crippen LogP contribution in [0.25, 0.3) is 10.9 Å². The zero-order valence-electron chi connectivity index (χ0n) is 13.5. The Kier molecular flexibility index (Phi) is 2.94. The summed E-state index contributed by atoms with van der Waals surface area (Å²) in [4.78, 5) is 3.59. The molecule has 1 aliphatic rings. The van der Waals surface area contributed by atoms with Crippen molar-refractivity contribution in [3.63, 3.8) is 0 Å². The van der Waals surface area contributed by atoms with Crippen molar-refractivity contribution >= 4 is 28.2 Å². The highest BCUT2D eigenvalue weighted by Gasteiger charge is 2.36. The number of ether oxygens (including phenoxy) is 1. The van der Waals surface area contributed by atoms with Gasteiger partial charge in [0.25, 0.3) is 0 Å². The number of aromatic amines is 1. The molecular weight excluding hydrogens is 308 g/mol. The molecular formula is C19H19ClN2O. The number of halogens is 1. The molecule has 118 valence electrons. The van der Waals surface area contributed by atoms with Crippen LogP contribution in [0, 0.1) is 0 Å². The van der Waals surface area contributed by atoms with E-state index in [1.165, 1.54) is 22.4 Å². The molecule has 0 atom stereocenters. The van der Waals surface area contributed by atoms with Crippen molar-refractivity contribution in [1.82, 2.24) is 4.98 Å². The summed E-state index contributed by atoms with van der Waals surface area (Å²) < 4.78 is 5.41. The number of nitrogen functional groups attached to an aromatic ring is 1. The molecule has 0 unspecified atom stereocenters. The summed E-state index contributed by atoms with van der Waals surface area (Å²) in [6.07, 6.45) is 0.825. The van der Waals surface area contributed by atoms with E-state index in [-0.39, 0.29) is 5.41 Å². The molecule has 0 spiro atoms. The normalized spacial score (nSPS) is 15.3. The Labute approximate surface area is 140 Å². The van der Waals surface area contributed by atoms with Gasteiger partial charge in [-0.25, -0.2) is 0 Å². The van der Waals surface area contributed by atoms with E-state index in [2.05, 4.69) is 31.0 Å². The minimum atomic E-state index is -0.160. The summed E-state index contributed by atoms with van der Waals surface area (Å²) >= 11 is 6.35. The largest absolute Gasteiger partial charge is 0.495 e. The number of rotatable bonds is 1. The van der Waals surface area contributed by atoms with Crippen LogP contribution in [0.1, 0.15) is 36.2 Å². The maximum absolute atomic E-state index is 6.35. The first-order valence-electron chi connectivity index (χ1n) is 7.70. The Morgan fingerprint density at radius 3 is 2.78 bits per heavy atom. The summed E-state index contributed by atoms with van der Waals surface area (Å²) in [7, 11) is 1.65. The van der Waals surface area contributed by atoms with Crippen LogP contribution in [-0.4, -0.2) is 12.1 Å². The van der Waals surface area contributed by atoms with E-state index in [1.807, 2.05) is 18.2 Å². The first-order chi connectivity index (χ1) is 10.9. The highest BCUT2D eigenvalue weighted by molar-refractivity contribution is 6.32. The van der Waals surface area contributed by atoms with E-state index in [0.717, 1.165) is 28.8 Å². The fraction of sp³-hybridized carbons (Fsp3) is 0.263. The number of nitrogens with two attached hydrogens (primary N) is 1. The minimum Gasteiger partial charge on any atom is -0.495 e. The fourth-order valence-electron chi connectivity index (χ4n) is 3.86. The Morgan fingerprint density at radius 1 is 1.26 bits per heavy atom. The van der Waals surface area contributed by atoms with E-state index in [4.69, 9.17) is 22.1 Å². The van der Waals surface area contributed by atoms with Gasteiger partial charge in [-0.2, -0.15) is 0 Å². The number of methoxy groups -OCH3 is 1. The minimum absolute atomic E-state index is 0.160. The van der Waals surface area contributed by atoms with Crippen LogP contribution >= 0.6 is 11.6 Å². The van der Waals surface area contributed by atoms with Gasteiger partial charge in [0.1, 0.15) is 5.75 Å². The Bertz CT molecular complexity index is 940. The predicted molar refractivity (Wildman–Crippen MR) is 95.6 cm³/mol. The van der Waals surface area contributed by atoms with E-state index >= 15 is 0 Å². The molecule has 0 saturated heterocycles. The van der Waals surface area contributed by atoms with Gasteiger partial charge in [-0.15, -0.1) is 0 Å². The van der Waals surface area contributed by atoms with Gasteiger partial charge in [0.05, 0.1) is 12.1 Å². The number of fused-ring (bicyclic) bond motifs is 4. The first kappa shape index (κ1) is 14.5. The summed E-state index contributed by atoms with van der Waals surface area (Å²) in [6.45, 7) is 4.45. The van der Waals surface area contributed by atoms with Gasteiger partial charge in [-0.1, -0.05) is 31.5 Å². The lowest BCUT2D eigenvalue weighted by Crippen LogP contribution is -2.27. The number of nitrogens with one attached hydrogen (secondary N) is 1. The predicted octanol–water partition coefficient (Wildman–Crippen LogP) is 4.64. The number of benzene rings is 2. The van der Waals surface area contributed by atoms with E-state index in [0.29, 0.717) is 5.02 Å². The van der Waals surface area contributed by atoms with Gasteiger partial charge < -0.3 is 15.5 Å². The zero-order valence-corrected chi connectivity index (χ0v) is 14.2. The number of hydrogen-bond acceptors (Lipinski definition) is 2. The van der Waals surface area contributed by atoms with Gasteiger partial charge in [0.15, 0.2) is 0 Å². The quantitative estimate of drug-likeness (QED) is 0.640. The van der Waals surface area contributed by atoms with Gasteiger partial charge in [0.2, 0.25) is 0 Å². The van der Waals surface area contributed by atoms with Gasteiger partial charge in [0, 0.05) is 34.1 Å². The van der Waals surface area contributed by atoms with Crippen molar-refractivity contribution < 1.29 is 4.74 Å². The van der Waals surface area contributed by atoms with E-state index in [1.54, 1.807) is 7.11 Å². The second-order valence-electron chi connectivity index (χ2n) is 6.69. The van der Waals surface area contributed by atoms with Gasteiger partial charge in [-0.05, 0) is 41.0 Å². The molecule has 23 heavy (non-hydrogen) atoms. The third-order valence-corrected chi connectivity index (χ3v) is 5.30. The SMILES string of the molecule is COc1cc2c(cc1Cl)Cc1c([nH]c3cccc(N)c13)C2(C)C. The van der Waals surface area contributed by atoms with Crippen LogP contribution in [-0.2, 0) is 11.8 Å². The third kappa shape index (κ3) is 1.89. The van der Waals surface area contributed by atoms with Crippen molar-refractivity contribution in [2.24, 2.45) is 0 Å². The Hall–Kier alpha value is -2.13. The van der Waals surface area contributed by atoms with Crippen molar-refractivity contribution in [3.8, 4) is 5.75 Å². The molecule has 1 heterocycles. The average molecular weight is 327 g/mol. The van der Waals surface area contributed by atoms with Gasteiger partial charge in [-0.3, -0.25) is 0 Å². The second-order valence-corrected chi connectivity index (χ2v) is 7.10. The molecule has 0 fully saturated rings. The summed E-state index contributed by atoms with van der Waals surface area (Å²) in [6, 6.07) is 10.1. The summed E-state index contributed by atoms with van der Waals surface area (Å²) in [5.41, 5.74) is 13.0. The number of H-pyrrole nitrogens is 1. The first-order valence-corrected chi connectivity index (χ1v) is 8.07. The van der Waals surface area contributed by atoms with Crippen LogP contribution in [0.2, 0.25) is 5.02 Å². The molecule has 4 heteroatoms. The van der Waals surface area contributed by atoms with Crippen LogP contribution in [0.5, 0.6) is 5.75 Å². The lowest BCUT2D eigenvalue weighted by molar-refractivity contribution is 0.412. The van der Waals surface area contributed by atoms with Crippen molar-refractivity contribution in [2.45, 2.75) is 25.7 Å². The third-order valence-electron chi connectivity index (χ3n) is 5.00. The van der Waals surface area contributed by atoms with Crippen molar-refractivity contribution in [1.29, 1.82) is 0 Å². The molecule has 3 N–H and O–H groups in total. The molecule has 1 aliphatic carbocycles. The highest BCUT2D eigenvalue weighted by atomic mass is 35.5. The van der Waals surface area contributed by atoms with Crippen LogP contribution < -0.4 is 10.5 Å². The van der Waals surface area contributed by atoms with E-state index in [9.17, 15) is 0 Å². The van der Waals surface area contributed by atoms with Gasteiger partial charge >= 0.3 is 0 Å². The number of hydrogen-bond donors (Lipinski definition) is 2. The molecule has 0 saturated carbocycles. The smallest absolute Gasteiger partial charge is 0.137 e. The molecule has 0 bridgehead atoms. The van der Waals surface area contributed by atoms with Crippen LogP contribution in [0.15, 0.2) is 30.3 Å². The van der Waals surface area contributed by atoms with Crippen molar-refractivity contribution in [2.75, 3.05) is 12.8 Å². The monoisotopic (exact) mass is 326 g/mol. The zero-order chi connectivity index (χ0) is 16.4. The average Bonchev–Trinajstić information content (AvgIpc) is 2.88. The maximum atomic E-state index is 6.35. The molecule has 1 aromatic heterocycles. The second kappa shape index (κ2) is 4.68. The molecule has 4 rings (SSSR count). The summed E-state index contributed by atoms with van der Waals surface area (Å²) in [5, 5.41) is 1.78. The lowest BCUT2D eigenvalue weighted by atomic mass is 9.71. The fourth-order valence-corrected chi connectivity index (χ4v) is 4.12.